The van der Waals surface area contributed by atoms with E-state index in [-0.39, 0.29) is 6.42 Å². The van der Waals surface area contributed by atoms with Crippen LogP contribution in [0.1, 0.15) is 17.9 Å². The molecule has 112 valence electrons. The SMILES string of the molecule is COc1cccc(OCc2ncc(CCC(=O)O)n2C)c1. The van der Waals surface area contributed by atoms with Gasteiger partial charge in [-0.1, -0.05) is 6.07 Å². The highest BCUT2D eigenvalue weighted by molar-refractivity contribution is 5.66. The largest absolute Gasteiger partial charge is 0.497 e. The monoisotopic (exact) mass is 290 g/mol. The van der Waals surface area contributed by atoms with E-state index in [0.717, 1.165) is 17.3 Å². The number of rotatable bonds is 7. The molecule has 1 heterocycles. The molecule has 21 heavy (non-hydrogen) atoms. The highest BCUT2D eigenvalue weighted by Crippen LogP contribution is 2.20. The van der Waals surface area contributed by atoms with Gasteiger partial charge in [-0.3, -0.25) is 4.79 Å². The first-order valence-electron chi connectivity index (χ1n) is 6.58. The molecule has 0 bridgehead atoms. The lowest BCUT2D eigenvalue weighted by molar-refractivity contribution is -0.136. The number of imidazole rings is 1. The number of aromatic nitrogens is 2. The summed E-state index contributed by atoms with van der Waals surface area (Å²) in [5.74, 6) is 1.36. The second-order valence-electron chi connectivity index (χ2n) is 4.59. The van der Waals surface area contributed by atoms with Crippen molar-refractivity contribution in [2.75, 3.05) is 7.11 Å². The van der Waals surface area contributed by atoms with Crippen LogP contribution in [0.3, 0.4) is 0 Å². The highest BCUT2D eigenvalue weighted by Gasteiger charge is 2.09. The van der Waals surface area contributed by atoms with E-state index in [1.165, 1.54) is 0 Å². The molecule has 0 atom stereocenters. The molecule has 6 nitrogen and oxygen atoms in total. The van der Waals surface area contributed by atoms with E-state index in [4.69, 9.17) is 14.6 Å². The molecule has 2 rings (SSSR count). The van der Waals surface area contributed by atoms with Crippen LogP contribution in [0.5, 0.6) is 11.5 Å². The first kappa shape index (κ1) is 14.9. The van der Waals surface area contributed by atoms with E-state index < -0.39 is 5.97 Å². The van der Waals surface area contributed by atoms with E-state index in [0.29, 0.717) is 18.8 Å². The minimum atomic E-state index is -0.814. The van der Waals surface area contributed by atoms with E-state index in [9.17, 15) is 4.79 Å². The summed E-state index contributed by atoms with van der Waals surface area (Å²) in [4.78, 5) is 14.9. The van der Waals surface area contributed by atoms with Crippen molar-refractivity contribution in [2.24, 2.45) is 7.05 Å². The van der Waals surface area contributed by atoms with Gasteiger partial charge >= 0.3 is 5.97 Å². The number of hydrogen-bond donors (Lipinski definition) is 1. The molecule has 1 N–H and O–H groups in total. The zero-order chi connectivity index (χ0) is 15.2. The van der Waals surface area contributed by atoms with Crippen molar-refractivity contribution in [3.8, 4) is 11.5 Å². The molecule has 0 aliphatic carbocycles. The fourth-order valence-corrected chi connectivity index (χ4v) is 1.93. The molecule has 1 aromatic heterocycles. The lowest BCUT2D eigenvalue weighted by Gasteiger charge is -2.08. The molecule has 0 saturated heterocycles. The zero-order valence-corrected chi connectivity index (χ0v) is 12.1. The number of nitrogens with zero attached hydrogens (tertiary/aromatic N) is 2. The first-order valence-corrected chi connectivity index (χ1v) is 6.58. The van der Waals surface area contributed by atoms with Gasteiger partial charge in [0.15, 0.2) is 0 Å². The van der Waals surface area contributed by atoms with Gasteiger partial charge in [-0.05, 0) is 18.6 Å². The normalized spacial score (nSPS) is 10.4. The van der Waals surface area contributed by atoms with Gasteiger partial charge in [0.2, 0.25) is 0 Å². The summed E-state index contributed by atoms with van der Waals surface area (Å²) in [5, 5.41) is 8.71. The van der Waals surface area contributed by atoms with Crippen LogP contribution in [0.4, 0.5) is 0 Å². The minimum absolute atomic E-state index is 0.0930. The second kappa shape index (κ2) is 6.78. The van der Waals surface area contributed by atoms with E-state index in [1.54, 1.807) is 19.4 Å². The summed E-state index contributed by atoms with van der Waals surface area (Å²) < 4.78 is 12.7. The summed E-state index contributed by atoms with van der Waals surface area (Å²) in [6, 6.07) is 7.34. The van der Waals surface area contributed by atoms with Gasteiger partial charge in [-0.15, -0.1) is 0 Å². The predicted molar refractivity (Wildman–Crippen MR) is 76.5 cm³/mol. The minimum Gasteiger partial charge on any atom is -0.497 e. The molecular formula is C15H18N2O4. The third kappa shape index (κ3) is 3.98. The Hall–Kier alpha value is -2.50. The molecule has 0 radical (unpaired) electrons. The van der Waals surface area contributed by atoms with Crippen LogP contribution in [0.25, 0.3) is 0 Å². The average Bonchev–Trinajstić information content (AvgIpc) is 2.83. The maximum absolute atomic E-state index is 10.6. The number of aliphatic carboxylic acids is 1. The summed E-state index contributed by atoms with van der Waals surface area (Å²) in [6.45, 7) is 0.316. The summed E-state index contributed by atoms with van der Waals surface area (Å²) in [6.07, 6.45) is 2.24. The lowest BCUT2D eigenvalue weighted by atomic mass is 10.2. The van der Waals surface area contributed by atoms with E-state index in [2.05, 4.69) is 4.98 Å². The quantitative estimate of drug-likeness (QED) is 0.844. The molecular weight excluding hydrogens is 272 g/mol. The maximum atomic E-state index is 10.6. The molecule has 0 amide bonds. The fraction of sp³-hybridized carbons (Fsp3) is 0.333. The number of benzene rings is 1. The fourth-order valence-electron chi connectivity index (χ4n) is 1.93. The van der Waals surface area contributed by atoms with Crippen LogP contribution >= 0.6 is 0 Å². The Bertz CT molecular complexity index is 622. The van der Waals surface area contributed by atoms with Crippen LogP contribution in [-0.4, -0.2) is 27.7 Å². The third-order valence-corrected chi connectivity index (χ3v) is 3.18. The molecule has 1 aromatic carbocycles. The smallest absolute Gasteiger partial charge is 0.303 e. The second-order valence-corrected chi connectivity index (χ2v) is 4.59. The van der Waals surface area contributed by atoms with Crippen LogP contribution < -0.4 is 9.47 Å². The van der Waals surface area contributed by atoms with Crippen molar-refractivity contribution in [3.05, 3.63) is 42.0 Å². The Morgan fingerprint density at radius 1 is 1.38 bits per heavy atom. The van der Waals surface area contributed by atoms with Crippen molar-refractivity contribution in [3.63, 3.8) is 0 Å². The van der Waals surface area contributed by atoms with Crippen molar-refractivity contribution in [2.45, 2.75) is 19.4 Å². The van der Waals surface area contributed by atoms with Crippen LogP contribution in [-0.2, 0) is 24.9 Å². The Balaban J connectivity index is 1.98. The van der Waals surface area contributed by atoms with Gasteiger partial charge in [-0.25, -0.2) is 4.98 Å². The topological polar surface area (TPSA) is 73.6 Å². The first-order chi connectivity index (χ1) is 10.1. The summed E-state index contributed by atoms with van der Waals surface area (Å²) in [7, 11) is 3.46. The van der Waals surface area contributed by atoms with Gasteiger partial charge in [0.05, 0.1) is 13.5 Å². The van der Waals surface area contributed by atoms with Gasteiger partial charge in [-0.2, -0.15) is 0 Å². The van der Waals surface area contributed by atoms with Crippen molar-refractivity contribution in [1.29, 1.82) is 0 Å². The molecule has 0 aliphatic rings. The Morgan fingerprint density at radius 2 is 2.14 bits per heavy atom. The Morgan fingerprint density at radius 3 is 2.86 bits per heavy atom. The van der Waals surface area contributed by atoms with E-state index in [1.807, 2.05) is 29.8 Å². The average molecular weight is 290 g/mol. The van der Waals surface area contributed by atoms with Gasteiger partial charge in [0.1, 0.15) is 23.9 Å². The third-order valence-electron chi connectivity index (χ3n) is 3.18. The Labute approximate surface area is 122 Å². The van der Waals surface area contributed by atoms with Crippen LogP contribution in [0.2, 0.25) is 0 Å². The summed E-state index contributed by atoms with van der Waals surface area (Å²) >= 11 is 0. The Kier molecular flexibility index (Phi) is 4.81. The van der Waals surface area contributed by atoms with Gasteiger partial charge in [0, 0.05) is 25.0 Å². The molecule has 0 fully saturated rings. The number of ether oxygens (including phenoxy) is 2. The van der Waals surface area contributed by atoms with Gasteiger partial charge in [0.25, 0.3) is 0 Å². The summed E-state index contributed by atoms with van der Waals surface area (Å²) in [5.41, 5.74) is 0.877. The number of hydrogen-bond acceptors (Lipinski definition) is 4. The number of carboxylic acid groups (broad SMARTS) is 1. The lowest BCUT2D eigenvalue weighted by Crippen LogP contribution is -2.07. The molecule has 0 unspecified atom stereocenters. The van der Waals surface area contributed by atoms with Crippen molar-refractivity contribution >= 4 is 5.97 Å². The van der Waals surface area contributed by atoms with Crippen LogP contribution in [0, 0.1) is 0 Å². The molecule has 0 saturated carbocycles. The standard InChI is InChI=1S/C15H18N2O4/c1-17-11(6-7-15(18)19)9-16-14(17)10-21-13-5-3-4-12(8-13)20-2/h3-5,8-9H,6-7,10H2,1-2H3,(H,18,19). The zero-order valence-electron chi connectivity index (χ0n) is 12.1. The highest BCUT2D eigenvalue weighted by atomic mass is 16.5. The number of aryl methyl sites for hydroxylation is 1. The van der Waals surface area contributed by atoms with E-state index >= 15 is 0 Å². The van der Waals surface area contributed by atoms with Gasteiger partial charge < -0.3 is 19.1 Å². The van der Waals surface area contributed by atoms with Crippen molar-refractivity contribution < 1.29 is 19.4 Å². The number of carboxylic acids is 1. The molecule has 2 aromatic rings. The van der Waals surface area contributed by atoms with Crippen molar-refractivity contribution in [1.82, 2.24) is 9.55 Å². The molecule has 6 heteroatoms. The van der Waals surface area contributed by atoms with Crippen LogP contribution in [0.15, 0.2) is 30.5 Å². The maximum Gasteiger partial charge on any atom is 0.303 e. The predicted octanol–water partition coefficient (Wildman–Crippen LogP) is 2.02. The number of carbonyl (C=O) groups is 1. The molecule has 0 aliphatic heterocycles. The molecule has 0 spiro atoms. The number of methoxy groups -OCH3 is 1.